The second kappa shape index (κ2) is 3.55. The normalized spacial score (nSPS) is 24.3. The summed E-state index contributed by atoms with van der Waals surface area (Å²) in [6.45, 7) is 4.39. The predicted octanol–water partition coefficient (Wildman–Crippen LogP) is 3.01. The third-order valence-electron chi connectivity index (χ3n) is 2.24. The molecular formula is C11H13NS2. The minimum atomic E-state index is 0.140. The Labute approximate surface area is 94.3 Å². The summed E-state index contributed by atoms with van der Waals surface area (Å²) >= 11 is 6.96. The molecule has 0 aromatic rings. The molecule has 2 aliphatic rings. The summed E-state index contributed by atoms with van der Waals surface area (Å²) in [7, 11) is 0. The molecule has 0 aromatic heterocycles. The van der Waals surface area contributed by atoms with E-state index in [1.807, 2.05) is 11.8 Å². The van der Waals surface area contributed by atoms with Crippen LogP contribution >= 0.6 is 24.0 Å². The topological polar surface area (TPSA) is 12.0 Å². The van der Waals surface area contributed by atoms with Crippen molar-refractivity contribution < 1.29 is 0 Å². The van der Waals surface area contributed by atoms with E-state index in [-0.39, 0.29) is 5.41 Å². The van der Waals surface area contributed by atoms with Gasteiger partial charge in [-0.25, -0.2) is 0 Å². The third kappa shape index (κ3) is 2.10. The molecule has 0 bridgehead atoms. The Bertz CT molecular complexity index is 361. The van der Waals surface area contributed by atoms with E-state index < -0.39 is 0 Å². The van der Waals surface area contributed by atoms with Crippen molar-refractivity contribution in [2.24, 2.45) is 5.41 Å². The van der Waals surface area contributed by atoms with Gasteiger partial charge in [-0.15, -0.1) is 11.8 Å². The van der Waals surface area contributed by atoms with Crippen LogP contribution < -0.4 is 5.32 Å². The summed E-state index contributed by atoms with van der Waals surface area (Å²) in [6.07, 6.45) is 8.75. The molecule has 3 heteroatoms. The first-order valence-corrected chi connectivity index (χ1v) is 6.02. The fourth-order valence-electron chi connectivity index (χ4n) is 1.37. The van der Waals surface area contributed by atoms with Crippen LogP contribution in [0.15, 0.2) is 34.9 Å². The fourth-order valence-corrected chi connectivity index (χ4v) is 2.46. The molecular weight excluding hydrogens is 210 g/mol. The van der Waals surface area contributed by atoms with Gasteiger partial charge in [0.25, 0.3) is 0 Å². The zero-order valence-corrected chi connectivity index (χ0v) is 9.97. The first kappa shape index (κ1) is 9.99. The van der Waals surface area contributed by atoms with Gasteiger partial charge in [0, 0.05) is 16.1 Å². The van der Waals surface area contributed by atoms with Crippen molar-refractivity contribution in [1.82, 2.24) is 5.32 Å². The number of nitrogens with one attached hydrogen (secondary N) is 1. The molecule has 0 radical (unpaired) electrons. The largest absolute Gasteiger partial charge is 0.348 e. The van der Waals surface area contributed by atoms with E-state index in [4.69, 9.17) is 12.2 Å². The highest BCUT2D eigenvalue weighted by atomic mass is 32.2. The maximum atomic E-state index is 5.15. The Balaban J connectivity index is 2.34. The molecule has 14 heavy (non-hydrogen) atoms. The molecule has 0 aromatic carbocycles. The van der Waals surface area contributed by atoms with Crippen LogP contribution in [0.25, 0.3) is 0 Å². The fraction of sp³-hybridized carbons (Fsp3) is 0.364. The van der Waals surface area contributed by atoms with Gasteiger partial charge in [0.2, 0.25) is 0 Å². The van der Waals surface area contributed by atoms with E-state index in [9.17, 15) is 0 Å². The third-order valence-corrected chi connectivity index (χ3v) is 3.77. The Morgan fingerprint density at radius 1 is 1.36 bits per heavy atom. The van der Waals surface area contributed by atoms with E-state index in [1.54, 1.807) is 0 Å². The lowest BCUT2D eigenvalue weighted by Gasteiger charge is -2.17. The molecule has 0 spiro atoms. The van der Waals surface area contributed by atoms with E-state index in [1.165, 1.54) is 4.91 Å². The van der Waals surface area contributed by atoms with Gasteiger partial charge < -0.3 is 5.32 Å². The molecule has 0 saturated heterocycles. The zero-order valence-electron chi connectivity index (χ0n) is 8.33. The van der Waals surface area contributed by atoms with Gasteiger partial charge >= 0.3 is 0 Å². The highest BCUT2D eigenvalue weighted by Crippen LogP contribution is 2.31. The molecule has 74 valence electrons. The van der Waals surface area contributed by atoms with Crippen molar-refractivity contribution >= 4 is 29.0 Å². The van der Waals surface area contributed by atoms with Crippen LogP contribution in [0.2, 0.25) is 0 Å². The minimum Gasteiger partial charge on any atom is -0.348 e. The zero-order chi connectivity index (χ0) is 10.2. The monoisotopic (exact) mass is 223 g/mol. The lowest BCUT2D eigenvalue weighted by Crippen LogP contribution is -2.26. The van der Waals surface area contributed by atoms with E-state index in [0.717, 1.165) is 16.4 Å². The first-order chi connectivity index (χ1) is 6.57. The highest BCUT2D eigenvalue weighted by molar-refractivity contribution is 8.04. The Morgan fingerprint density at radius 2 is 2.07 bits per heavy atom. The molecule has 1 aliphatic heterocycles. The van der Waals surface area contributed by atoms with Crippen LogP contribution in [0.1, 0.15) is 13.8 Å². The van der Waals surface area contributed by atoms with E-state index >= 15 is 0 Å². The van der Waals surface area contributed by atoms with Gasteiger partial charge in [-0.1, -0.05) is 38.2 Å². The van der Waals surface area contributed by atoms with Crippen LogP contribution in [0.5, 0.6) is 0 Å². The quantitative estimate of drug-likeness (QED) is 0.634. The van der Waals surface area contributed by atoms with Crippen LogP contribution in [0.3, 0.4) is 0 Å². The average Bonchev–Trinajstić information content (AvgIpc) is 2.26. The van der Waals surface area contributed by atoms with Crippen LogP contribution in [-0.4, -0.2) is 10.7 Å². The van der Waals surface area contributed by atoms with Gasteiger partial charge in [0.15, 0.2) is 0 Å². The molecule has 1 nitrogen and oxygen atoms in total. The lowest BCUT2D eigenvalue weighted by atomic mass is 9.93. The molecule has 1 N–H and O–H groups in total. The molecule has 1 aliphatic carbocycles. The number of thiocarbonyl (C=S) groups is 1. The van der Waals surface area contributed by atoms with Crippen molar-refractivity contribution in [3.63, 3.8) is 0 Å². The van der Waals surface area contributed by atoms with Gasteiger partial charge in [0.05, 0.1) is 10.7 Å². The van der Waals surface area contributed by atoms with E-state index in [0.29, 0.717) is 0 Å². The smallest absolute Gasteiger partial charge is 0.0901 e. The van der Waals surface area contributed by atoms with Gasteiger partial charge in [-0.05, 0) is 12.2 Å². The van der Waals surface area contributed by atoms with Crippen molar-refractivity contribution in [1.29, 1.82) is 0 Å². The standard InChI is InChI=1S/C11H13NS2/c1-11(2)5-3-8-9(4-6-11)14-7-10(13)12-8/h3-6H,7H2,1-2H3,(H,12,13). The predicted molar refractivity (Wildman–Crippen MR) is 67.3 cm³/mol. The SMILES string of the molecule is CC1(C)C=CC2=C(C=C1)SCC(=S)N2. The van der Waals surface area contributed by atoms with E-state index in [2.05, 4.69) is 43.5 Å². The summed E-state index contributed by atoms with van der Waals surface area (Å²) in [6, 6.07) is 0. The molecule has 0 unspecified atom stereocenters. The maximum absolute atomic E-state index is 5.15. The van der Waals surface area contributed by atoms with Crippen molar-refractivity contribution in [3.8, 4) is 0 Å². The summed E-state index contributed by atoms with van der Waals surface area (Å²) in [5.74, 6) is 0.896. The highest BCUT2D eigenvalue weighted by Gasteiger charge is 2.18. The Morgan fingerprint density at radius 3 is 2.86 bits per heavy atom. The number of rotatable bonds is 0. The summed E-state index contributed by atoms with van der Waals surface area (Å²) in [5.41, 5.74) is 1.29. The Hall–Kier alpha value is -0.540. The molecule has 0 fully saturated rings. The maximum Gasteiger partial charge on any atom is 0.0901 e. The van der Waals surface area contributed by atoms with Crippen LogP contribution in [0, 0.1) is 5.41 Å². The van der Waals surface area contributed by atoms with Gasteiger partial charge in [-0.2, -0.15) is 0 Å². The van der Waals surface area contributed by atoms with Crippen molar-refractivity contribution in [2.45, 2.75) is 13.8 Å². The lowest BCUT2D eigenvalue weighted by molar-refractivity contribution is 0.626. The molecule has 1 heterocycles. The number of thioether (sulfide) groups is 1. The van der Waals surface area contributed by atoms with Gasteiger partial charge in [-0.3, -0.25) is 0 Å². The van der Waals surface area contributed by atoms with Crippen LogP contribution in [0.4, 0.5) is 0 Å². The van der Waals surface area contributed by atoms with Gasteiger partial charge in [0.1, 0.15) is 0 Å². The first-order valence-electron chi connectivity index (χ1n) is 4.62. The molecule has 0 atom stereocenters. The average molecular weight is 223 g/mol. The second-order valence-corrected chi connectivity index (χ2v) is 5.61. The van der Waals surface area contributed by atoms with Crippen LogP contribution in [-0.2, 0) is 0 Å². The number of allylic oxidation sites excluding steroid dienone is 4. The molecule has 2 rings (SSSR count). The minimum absolute atomic E-state index is 0.140. The number of hydrogen-bond donors (Lipinski definition) is 1. The molecule has 0 amide bonds. The summed E-state index contributed by atoms with van der Waals surface area (Å²) in [4.78, 5) is 2.21. The molecule has 0 saturated carbocycles. The second-order valence-electron chi connectivity index (χ2n) is 4.10. The summed E-state index contributed by atoms with van der Waals surface area (Å²) in [5, 5.41) is 3.25. The van der Waals surface area contributed by atoms with Crippen molar-refractivity contribution in [2.75, 3.05) is 5.75 Å². The summed E-state index contributed by atoms with van der Waals surface area (Å²) < 4.78 is 0. The number of hydrogen-bond acceptors (Lipinski definition) is 2. The Kier molecular flexibility index (Phi) is 2.54. The van der Waals surface area contributed by atoms with Crippen molar-refractivity contribution in [3.05, 3.63) is 34.9 Å².